The normalized spacial score (nSPS) is 11.7. The Balaban J connectivity index is 0.912. The van der Waals surface area contributed by atoms with Crippen molar-refractivity contribution in [1.29, 1.82) is 0 Å². The molecule has 0 atom stereocenters. The third-order valence-corrected chi connectivity index (χ3v) is 15.4. The zero-order valence-corrected chi connectivity index (χ0v) is 41.0. The lowest BCUT2D eigenvalue weighted by molar-refractivity contribution is 1.20. The molecule has 0 bridgehead atoms. The molecule has 2 heterocycles. The van der Waals surface area contributed by atoms with Crippen molar-refractivity contribution in [3.8, 4) is 44.8 Å². The van der Waals surface area contributed by atoms with Gasteiger partial charge in [0.05, 0.1) is 33.4 Å². The topological polar surface area (TPSA) is 13.1 Å². The van der Waals surface area contributed by atoms with E-state index in [1.807, 2.05) is 0 Å². The first kappa shape index (κ1) is 42.7. The van der Waals surface area contributed by atoms with E-state index in [2.05, 4.69) is 299 Å². The number of rotatable bonds is 8. The van der Waals surface area contributed by atoms with Crippen molar-refractivity contribution < 1.29 is 0 Å². The van der Waals surface area contributed by atoms with Gasteiger partial charge in [0, 0.05) is 49.4 Å². The van der Waals surface area contributed by atoms with Gasteiger partial charge < -0.3 is 14.0 Å². The maximum atomic E-state index is 2.45. The zero-order valence-electron chi connectivity index (χ0n) is 41.0. The second kappa shape index (κ2) is 17.4. The Bertz CT molecular complexity index is 4490. The van der Waals surface area contributed by atoms with Gasteiger partial charge in [0.1, 0.15) is 0 Å². The van der Waals surface area contributed by atoms with Crippen LogP contribution in [0.15, 0.2) is 285 Å². The first-order chi connectivity index (χ1) is 37.2. The number of anilines is 3. The molecule has 0 saturated heterocycles. The van der Waals surface area contributed by atoms with Gasteiger partial charge in [0.25, 0.3) is 0 Å². The molecule has 350 valence electrons. The number of hydrogen-bond donors (Lipinski definition) is 0. The Morgan fingerprint density at radius 1 is 0.200 bits per heavy atom. The van der Waals surface area contributed by atoms with Gasteiger partial charge in [-0.2, -0.15) is 0 Å². The predicted molar refractivity (Wildman–Crippen MR) is 319 cm³/mol. The molecule has 0 saturated carbocycles. The van der Waals surface area contributed by atoms with Crippen LogP contribution in [0.25, 0.3) is 121 Å². The molecule has 13 aromatic carbocycles. The quantitative estimate of drug-likeness (QED) is 0.148. The molecule has 0 aliphatic heterocycles. The summed E-state index contributed by atoms with van der Waals surface area (Å²) in [5, 5.41) is 12.3. The van der Waals surface area contributed by atoms with E-state index in [9.17, 15) is 0 Å². The maximum Gasteiger partial charge on any atom is 0.0541 e. The number of aromatic nitrogens is 2. The monoisotopic (exact) mass is 953 g/mol. The van der Waals surface area contributed by atoms with Gasteiger partial charge in [0.2, 0.25) is 0 Å². The van der Waals surface area contributed by atoms with Crippen LogP contribution in [0.3, 0.4) is 0 Å². The summed E-state index contributed by atoms with van der Waals surface area (Å²) in [6, 6.07) is 105. The van der Waals surface area contributed by atoms with Gasteiger partial charge >= 0.3 is 0 Å². The van der Waals surface area contributed by atoms with Gasteiger partial charge in [-0.15, -0.1) is 0 Å². The second-order valence-corrected chi connectivity index (χ2v) is 19.7. The smallest absolute Gasteiger partial charge is 0.0541 e. The Hall–Kier alpha value is -9.96. The van der Waals surface area contributed by atoms with E-state index in [0.29, 0.717) is 0 Å². The molecule has 0 amide bonds. The summed E-state index contributed by atoms with van der Waals surface area (Å²) in [7, 11) is 0. The van der Waals surface area contributed by atoms with E-state index < -0.39 is 0 Å². The first-order valence-electron chi connectivity index (χ1n) is 25.8. The van der Waals surface area contributed by atoms with Crippen LogP contribution < -0.4 is 4.90 Å². The van der Waals surface area contributed by atoms with Crippen molar-refractivity contribution in [3.63, 3.8) is 0 Å². The highest BCUT2D eigenvalue weighted by atomic mass is 15.1. The lowest BCUT2D eigenvalue weighted by Crippen LogP contribution is -2.09. The van der Waals surface area contributed by atoms with Crippen LogP contribution in [-0.4, -0.2) is 9.13 Å². The van der Waals surface area contributed by atoms with E-state index in [1.165, 1.54) is 98.4 Å². The van der Waals surface area contributed by atoms with Gasteiger partial charge in [-0.3, -0.25) is 0 Å². The molecule has 0 aliphatic rings. The molecule has 0 radical (unpaired) electrons. The summed E-state index contributed by atoms with van der Waals surface area (Å²) in [5.41, 5.74) is 17.4. The molecule has 15 rings (SSSR count). The van der Waals surface area contributed by atoms with Crippen LogP contribution in [-0.2, 0) is 0 Å². The lowest BCUT2D eigenvalue weighted by Gasteiger charge is -2.26. The summed E-state index contributed by atoms with van der Waals surface area (Å²) in [5.74, 6) is 0. The summed E-state index contributed by atoms with van der Waals surface area (Å²) < 4.78 is 4.89. The number of fused-ring (bicyclic) bond motifs is 9. The zero-order chi connectivity index (χ0) is 49.4. The molecule has 2 aromatic heterocycles. The third-order valence-electron chi connectivity index (χ3n) is 15.4. The molecule has 0 aliphatic carbocycles. The lowest BCUT2D eigenvalue weighted by atomic mass is 9.92. The molecular formula is C72H47N3. The first-order valence-corrected chi connectivity index (χ1v) is 25.8. The molecule has 0 spiro atoms. The van der Waals surface area contributed by atoms with Gasteiger partial charge in [-0.25, -0.2) is 0 Å². The fraction of sp³-hybridized carbons (Fsp3) is 0. The molecule has 75 heavy (non-hydrogen) atoms. The Labute approximate surface area is 434 Å². The standard InChI is InChI=1S/C72H47N3/c1-2-22-58(23-3-1)73(60-39-34-48-16-4-5-19-52(48)45-60)59-37-32-49(33-38-59)55-42-56(53-35-40-71-65(46-53)63-26-10-12-28-69(63)74(71)67-30-14-20-50-17-6-8-24-61(50)67)44-57(43-55)54-36-41-72-66(47-54)64-27-11-13-29-70(64)75(72)68-31-15-21-51-18-7-9-25-62(51)68/h1-47H. The average Bonchev–Trinajstić information content (AvgIpc) is 4.00. The molecule has 0 N–H and O–H groups in total. The van der Waals surface area contributed by atoms with Crippen molar-refractivity contribution in [2.45, 2.75) is 0 Å². The van der Waals surface area contributed by atoms with Crippen LogP contribution in [0.1, 0.15) is 0 Å². The van der Waals surface area contributed by atoms with Crippen LogP contribution in [0, 0.1) is 0 Å². The van der Waals surface area contributed by atoms with E-state index in [0.717, 1.165) is 39.3 Å². The van der Waals surface area contributed by atoms with E-state index in [4.69, 9.17) is 0 Å². The predicted octanol–water partition coefficient (Wildman–Crippen LogP) is 19.8. The molecule has 0 fully saturated rings. The minimum absolute atomic E-state index is 1.10. The molecule has 3 nitrogen and oxygen atoms in total. The summed E-state index contributed by atoms with van der Waals surface area (Å²) in [4.78, 5) is 2.35. The van der Waals surface area contributed by atoms with Crippen molar-refractivity contribution in [2.75, 3.05) is 4.90 Å². The summed E-state index contributed by atoms with van der Waals surface area (Å²) >= 11 is 0. The highest BCUT2D eigenvalue weighted by Gasteiger charge is 2.19. The minimum Gasteiger partial charge on any atom is -0.310 e. The van der Waals surface area contributed by atoms with Crippen LogP contribution in [0.4, 0.5) is 17.1 Å². The van der Waals surface area contributed by atoms with Gasteiger partial charge in [0.15, 0.2) is 0 Å². The highest BCUT2D eigenvalue weighted by Crippen LogP contribution is 2.43. The molecular weight excluding hydrogens is 907 g/mol. The number of nitrogens with zero attached hydrogens (tertiary/aromatic N) is 3. The SMILES string of the molecule is c1ccc(N(c2ccc(-c3cc(-c4ccc5c(c4)c4ccccc4n5-c4cccc5ccccc45)cc(-c4ccc5c(c4)c4ccccc4n5-c4cccc5ccccc45)c3)cc2)c2ccc3ccccc3c2)cc1. The fourth-order valence-electron chi connectivity index (χ4n) is 11.9. The van der Waals surface area contributed by atoms with Crippen molar-refractivity contribution in [3.05, 3.63) is 285 Å². The highest BCUT2D eigenvalue weighted by molar-refractivity contribution is 6.13. The van der Waals surface area contributed by atoms with Gasteiger partial charge in [-0.05, 0) is 158 Å². The van der Waals surface area contributed by atoms with E-state index in [1.54, 1.807) is 0 Å². The van der Waals surface area contributed by atoms with Crippen LogP contribution >= 0.6 is 0 Å². The average molecular weight is 954 g/mol. The molecule has 3 heteroatoms. The van der Waals surface area contributed by atoms with E-state index >= 15 is 0 Å². The Morgan fingerprint density at radius 3 is 1.16 bits per heavy atom. The number of benzene rings is 13. The largest absolute Gasteiger partial charge is 0.310 e. The fourth-order valence-corrected chi connectivity index (χ4v) is 11.9. The number of hydrogen-bond acceptors (Lipinski definition) is 1. The Morgan fingerprint density at radius 2 is 0.600 bits per heavy atom. The van der Waals surface area contributed by atoms with Gasteiger partial charge in [-0.1, -0.05) is 182 Å². The van der Waals surface area contributed by atoms with Crippen molar-refractivity contribution in [1.82, 2.24) is 9.13 Å². The van der Waals surface area contributed by atoms with Crippen molar-refractivity contribution in [2.24, 2.45) is 0 Å². The maximum absolute atomic E-state index is 2.45. The van der Waals surface area contributed by atoms with Crippen LogP contribution in [0.5, 0.6) is 0 Å². The molecule has 15 aromatic rings. The minimum atomic E-state index is 1.10. The van der Waals surface area contributed by atoms with Crippen LogP contribution in [0.2, 0.25) is 0 Å². The summed E-state index contributed by atoms with van der Waals surface area (Å²) in [6.07, 6.45) is 0. The second-order valence-electron chi connectivity index (χ2n) is 19.7. The van der Waals surface area contributed by atoms with E-state index in [-0.39, 0.29) is 0 Å². The summed E-state index contributed by atoms with van der Waals surface area (Å²) in [6.45, 7) is 0. The van der Waals surface area contributed by atoms with Crippen molar-refractivity contribution >= 4 is 93.0 Å². The number of para-hydroxylation sites is 3. The third kappa shape index (κ3) is 7.12. The molecule has 0 unspecified atom stereocenters. The Kier molecular flexibility index (Phi) is 9.89.